The zero-order chi connectivity index (χ0) is 10.7. The van der Waals surface area contributed by atoms with Crippen LogP contribution in [0.4, 0.5) is 0 Å². The van der Waals surface area contributed by atoms with Gasteiger partial charge in [0, 0.05) is 16.8 Å². The van der Waals surface area contributed by atoms with Gasteiger partial charge in [-0.3, -0.25) is 4.98 Å². The number of aliphatic hydroxyl groups is 1. The molecule has 2 aromatic rings. The van der Waals surface area contributed by atoms with E-state index in [1.807, 2.05) is 36.4 Å². The molecule has 0 amide bonds. The first-order valence-corrected chi connectivity index (χ1v) is 5.00. The second-order valence-corrected chi connectivity index (χ2v) is 3.60. The Morgan fingerprint density at radius 3 is 2.80 bits per heavy atom. The van der Waals surface area contributed by atoms with Gasteiger partial charge in [-0.2, -0.15) is 0 Å². The number of halogens is 1. The van der Waals surface area contributed by atoms with Crippen molar-refractivity contribution < 1.29 is 5.11 Å². The van der Waals surface area contributed by atoms with Crippen LogP contribution in [-0.2, 0) is 6.61 Å². The van der Waals surface area contributed by atoms with E-state index in [1.54, 1.807) is 6.20 Å². The van der Waals surface area contributed by atoms with Gasteiger partial charge in [0.05, 0.1) is 12.3 Å². The summed E-state index contributed by atoms with van der Waals surface area (Å²) in [5.74, 6) is 0. The highest BCUT2D eigenvalue weighted by Gasteiger charge is 2.04. The lowest BCUT2D eigenvalue weighted by molar-refractivity contribution is 0.277. The quantitative estimate of drug-likeness (QED) is 0.843. The fourth-order valence-electron chi connectivity index (χ4n) is 1.48. The largest absolute Gasteiger partial charge is 0.390 e. The second-order valence-electron chi connectivity index (χ2n) is 3.17. The molecule has 0 aliphatic carbocycles. The summed E-state index contributed by atoms with van der Waals surface area (Å²) in [6, 6.07) is 11.3. The van der Waals surface area contributed by atoms with Crippen LogP contribution in [0.1, 0.15) is 5.69 Å². The normalized spacial score (nSPS) is 10.3. The van der Waals surface area contributed by atoms with Gasteiger partial charge in [0.25, 0.3) is 0 Å². The Morgan fingerprint density at radius 2 is 2.07 bits per heavy atom. The predicted octanol–water partition coefficient (Wildman–Crippen LogP) is 2.89. The topological polar surface area (TPSA) is 33.1 Å². The van der Waals surface area contributed by atoms with E-state index in [0.29, 0.717) is 10.7 Å². The minimum absolute atomic E-state index is 0.0668. The lowest BCUT2D eigenvalue weighted by Crippen LogP contribution is -1.92. The van der Waals surface area contributed by atoms with Gasteiger partial charge in [0.2, 0.25) is 0 Å². The van der Waals surface area contributed by atoms with Crippen molar-refractivity contribution >= 4 is 11.6 Å². The second kappa shape index (κ2) is 4.43. The third-order valence-corrected chi connectivity index (χ3v) is 2.41. The molecule has 3 heteroatoms. The molecule has 2 rings (SSSR count). The predicted molar refractivity (Wildman–Crippen MR) is 60.6 cm³/mol. The van der Waals surface area contributed by atoms with Gasteiger partial charge in [-0.1, -0.05) is 29.8 Å². The fraction of sp³-hybridized carbons (Fsp3) is 0.0833. The van der Waals surface area contributed by atoms with Crippen molar-refractivity contribution in [3.63, 3.8) is 0 Å². The van der Waals surface area contributed by atoms with Gasteiger partial charge in [-0.15, -0.1) is 0 Å². The molecule has 15 heavy (non-hydrogen) atoms. The number of pyridine rings is 1. The van der Waals surface area contributed by atoms with E-state index in [9.17, 15) is 0 Å². The number of benzene rings is 1. The molecule has 0 spiro atoms. The van der Waals surface area contributed by atoms with Crippen LogP contribution in [-0.4, -0.2) is 10.1 Å². The summed E-state index contributed by atoms with van der Waals surface area (Å²) < 4.78 is 0. The molecule has 0 saturated carbocycles. The summed E-state index contributed by atoms with van der Waals surface area (Å²) in [6.45, 7) is -0.0668. The third kappa shape index (κ3) is 2.17. The number of aromatic nitrogens is 1. The standard InChI is InChI=1S/C12H10ClNO/c13-10-4-1-3-9(7-10)11-5-2-6-14-12(11)8-15/h1-7,15H,8H2. The number of hydrogen-bond donors (Lipinski definition) is 1. The lowest BCUT2D eigenvalue weighted by Gasteiger charge is -2.06. The maximum absolute atomic E-state index is 9.15. The van der Waals surface area contributed by atoms with Crippen LogP contribution >= 0.6 is 11.6 Å². The van der Waals surface area contributed by atoms with E-state index in [2.05, 4.69) is 4.98 Å². The molecule has 0 saturated heterocycles. The Labute approximate surface area is 93.2 Å². The van der Waals surface area contributed by atoms with Gasteiger partial charge in [0.1, 0.15) is 0 Å². The van der Waals surface area contributed by atoms with E-state index in [4.69, 9.17) is 16.7 Å². The molecule has 76 valence electrons. The molecule has 2 nitrogen and oxygen atoms in total. The van der Waals surface area contributed by atoms with E-state index in [-0.39, 0.29) is 6.61 Å². The molecule has 0 atom stereocenters. The Kier molecular flexibility index (Phi) is 2.99. The van der Waals surface area contributed by atoms with Crippen LogP contribution in [0.3, 0.4) is 0 Å². The molecule has 1 N–H and O–H groups in total. The molecule has 0 fully saturated rings. The minimum atomic E-state index is -0.0668. The smallest absolute Gasteiger partial charge is 0.0859 e. The number of rotatable bonds is 2. The molecule has 0 aliphatic rings. The summed E-state index contributed by atoms with van der Waals surface area (Å²) in [5.41, 5.74) is 2.56. The molecule has 0 unspecified atom stereocenters. The van der Waals surface area contributed by atoms with Crippen molar-refractivity contribution in [3.8, 4) is 11.1 Å². The minimum Gasteiger partial charge on any atom is -0.390 e. The SMILES string of the molecule is OCc1ncccc1-c1cccc(Cl)c1. The van der Waals surface area contributed by atoms with Crippen molar-refractivity contribution in [2.24, 2.45) is 0 Å². The maximum atomic E-state index is 9.15. The van der Waals surface area contributed by atoms with Crippen molar-refractivity contribution in [1.82, 2.24) is 4.98 Å². The monoisotopic (exact) mass is 219 g/mol. The van der Waals surface area contributed by atoms with Crippen molar-refractivity contribution in [2.75, 3.05) is 0 Å². The van der Waals surface area contributed by atoms with Gasteiger partial charge >= 0.3 is 0 Å². The van der Waals surface area contributed by atoms with Gasteiger partial charge in [-0.05, 0) is 23.8 Å². The van der Waals surface area contributed by atoms with Crippen LogP contribution in [0.25, 0.3) is 11.1 Å². The van der Waals surface area contributed by atoms with Gasteiger partial charge in [-0.25, -0.2) is 0 Å². The Balaban J connectivity index is 2.53. The first kappa shape index (κ1) is 10.1. The maximum Gasteiger partial charge on any atom is 0.0859 e. The summed E-state index contributed by atoms with van der Waals surface area (Å²) >= 11 is 5.91. The molecule has 0 radical (unpaired) electrons. The molecule has 1 aromatic heterocycles. The van der Waals surface area contributed by atoms with Gasteiger partial charge < -0.3 is 5.11 Å². The third-order valence-electron chi connectivity index (χ3n) is 2.18. The Hall–Kier alpha value is -1.38. The van der Waals surface area contributed by atoms with Crippen molar-refractivity contribution in [3.05, 3.63) is 53.3 Å². The summed E-state index contributed by atoms with van der Waals surface area (Å²) in [5, 5.41) is 9.83. The van der Waals surface area contributed by atoms with Crippen molar-refractivity contribution in [1.29, 1.82) is 0 Å². The van der Waals surface area contributed by atoms with Crippen molar-refractivity contribution in [2.45, 2.75) is 6.61 Å². The summed E-state index contributed by atoms with van der Waals surface area (Å²) in [7, 11) is 0. The van der Waals surface area contributed by atoms with E-state index in [0.717, 1.165) is 11.1 Å². The van der Waals surface area contributed by atoms with Gasteiger partial charge in [0.15, 0.2) is 0 Å². The average Bonchev–Trinajstić information content (AvgIpc) is 2.29. The summed E-state index contributed by atoms with van der Waals surface area (Å²) in [4.78, 5) is 4.11. The molecule has 0 aliphatic heterocycles. The number of hydrogen-bond acceptors (Lipinski definition) is 2. The number of nitrogens with zero attached hydrogens (tertiary/aromatic N) is 1. The highest BCUT2D eigenvalue weighted by atomic mass is 35.5. The van der Waals surface area contributed by atoms with Crippen LogP contribution < -0.4 is 0 Å². The molecule has 1 aromatic carbocycles. The Morgan fingerprint density at radius 1 is 1.20 bits per heavy atom. The van der Waals surface area contributed by atoms with E-state index in [1.165, 1.54) is 0 Å². The van der Waals surface area contributed by atoms with E-state index >= 15 is 0 Å². The first-order valence-electron chi connectivity index (χ1n) is 4.62. The zero-order valence-corrected chi connectivity index (χ0v) is 8.78. The molecular formula is C12H10ClNO. The van der Waals surface area contributed by atoms with Crippen LogP contribution in [0.5, 0.6) is 0 Å². The molecular weight excluding hydrogens is 210 g/mol. The first-order chi connectivity index (χ1) is 7.31. The molecule has 1 heterocycles. The fourth-order valence-corrected chi connectivity index (χ4v) is 1.67. The average molecular weight is 220 g/mol. The van der Waals surface area contributed by atoms with Crippen LogP contribution in [0.15, 0.2) is 42.6 Å². The Bertz CT molecular complexity index is 471. The molecule has 0 bridgehead atoms. The van der Waals surface area contributed by atoms with Crippen LogP contribution in [0.2, 0.25) is 5.02 Å². The van der Waals surface area contributed by atoms with Crippen LogP contribution in [0, 0.1) is 0 Å². The van der Waals surface area contributed by atoms with E-state index < -0.39 is 0 Å². The number of aliphatic hydroxyl groups excluding tert-OH is 1. The highest BCUT2D eigenvalue weighted by Crippen LogP contribution is 2.24. The summed E-state index contributed by atoms with van der Waals surface area (Å²) in [6.07, 6.45) is 1.67. The lowest BCUT2D eigenvalue weighted by atomic mass is 10.0. The zero-order valence-electron chi connectivity index (χ0n) is 8.02. The highest BCUT2D eigenvalue weighted by molar-refractivity contribution is 6.30.